The summed E-state index contributed by atoms with van der Waals surface area (Å²) >= 11 is 1.00. The quantitative estimate of drug-likeness (QED) is 0.302. The number of thioether (sulfide) groups is 1. The lowest BCUT2D eigenvalue weighted by Crippen LogP contribution is -2.48. The number of carbonyl (C=O) groups excluding carboxylic acids is 5. The predicted octanol–water partition coefficient (Wildman–Crippen LogP) is 1.52. The van der Waals surface area contributed by atoms with Gasteiger partial charge in [-0.2, -0.15) is 0 Å². The first-order valence-electron chi connectivity index (χ1n) is 11.0. The van der Waals surface area contributed by atoms with Crippen LogP contribution in [0, 0.1) is 10.1 Å². The van der Waals surface area contributed by atoms with Crippen LogP contribution in [0.5, 0.6) is 5.75 Å². The molecule has 36 heavy (non-hydrogen) atoms. The van der Waals surface area contributed by atoms with E-state index in [1.54, 1.807) is 0 Å². The number of non-ortho nitro benzene ring substituents is 1. The monoisotopic (exact) mass is 523 g/mol. The van der Waals surface area contributed by atoms with Crippen LogP contribution in [0.3, 0.4) is 0 Å². The molecular weight excluding hydrogens is 498 g/mol. The molecule has 1 aromatic carbocycles. The number of carbonyl (C=O) groups is 5. The van der Waals surface area contributed by atoms with E-state index in [-0.39, 0.29) is 47.9 Å². The minimum atomic E-state index is -0.985. The molecule has 2 heterocycles. The predicted molar refractivity (Wildman–Crippen MR) is 124 cm³/mol. The number of nitro groups is 1. The largest absolute Gasteiger partial charge is 0.457 e. The van der Waals surface area contributed by atoms with Crippen LogP contribution < -0.4 is 4.74 Å². The lowest BCUT2D eigenvalue weighted by molar-refractivity contribution is -0.384. The van der Waals surface area contributed by atoms with Gasteiger partial charge in [-0.15, -0.1) is 0 Å². The molecule has 13 nitrogen and oxygen atoms in total. The average molecular weight is 524 g/mol. The van der Waals surface area contributed by atoms with E-state index < -0.39 is 47.1 Å². The summed E-state index contributed by atoms with van der Waals surface area (Å²) in [6.07, 6.45) is -2.41. The highest BCUT2D eigenvalue weighted by atomic mass is 32.2. The summed E-state index contributed by atoms with van der Waals surface area (Å²) in [5.74, 6) is -1.63. The zero-order valence-corrected chi connectivity index (χ0v) is 20.6. The fraction of sp³-hybridized carbons (Fsp3) is 0.500. The number of ether oxygens (including phenoxy) is 3. The van der Waals surface area contributed by atoms with Crippen molar-refractivity contribution in [3.8, 4) is 5.75 Å². The van der Waals surface area contributed by atoms with Crippen LogP contribution in [0.1, 0.15) is 27.2 Å². The summed E-state index contributed by atoms with van der Waals surface area (Å²) in [6.45, 7) is 3.76. The Morgan fingerprint density at radius 3 is 1.97 bits per heavy atom. The minimum absolute atomic E-state index is 0.0391. The van der Waals surface area contributed by atoms with Gasteiger partial charge in [0.15, 0.2) is 17.3 Å². The number of rotatable bonds is 6. The Balaban J connectivity index is 1.77. The average Bonchev–Trinajstić information content (AvgIpc) is 3.36. The van der Waals surface area contributed by atoms with Crippen LogP contribution in [0.2, 0.25) is 0 Å². The third-order valence-corrected chi connectivity index (χ3v) is 6.54. The number of nitrogens with zero attached hydrogens (tertiary/aromatic N) is 3. The molecule has 2 aliphatic heterocycles. The molecule has 2 aliphatic rings. The molecule has 14 heteroatoms. The van der Waals surface area contributed by atoms with Gasteiger partial charge in [-0.1, -0.05) is 11.8 Å². The Morgan fingerprint density at radius 1 is 0.944 bits per heavy atom. The van der Waals surface area contributed by atoms with Gasteiger partial charge in [0.05, 0.1) is 18.0 Å². The van der Waals surface area contributed by atoms with Gasteiger partial charge in [0, 0.05) is 44.7 Å². The first-order chi connectivity index (χ1) is 16.9. The van der Waals surface area contributed by atoms with Crippen LogP contribution in [-0.4, -0.2) is 86.9 Å². The number of hydrogen-bond donors (Lipinski definition) is 0. The Morgan fingerprint density at radius 2 is 1.50 bits per heavy atom. The molecule has 0 aromatic heterocycles. The topological polar surface area (TPSA) is 163 Å². The van der Waals surface area contributed by atoms with Crippen molar-refractivity contribution in [3.63, 3.8) is 0 Å². The maximum Gasteiger partial charge on any atom is 0.415 e. The van der Waals surface area contributed by atoms with Crippen molar-refractivity contribution in [2.45, 2.75) is 50.7 Å². The smallest absolute Gasteiger partial charge is 0.415 e. The van der Waals surface area contributed by atoms with E-state index in [2.05, 4.69) is 0 Å². The first kappa shape index (κ1) is 26.9. The van der Waals surface area contributed by atoms with Crippen LogP contribution in [0.25, 0.3) is 0 Å². The second-order valence-corrected chi connectivity index (χ2v) is 9.77. The SMILES string of the molecule is CC(=O)O[C@H]1CN(C(=O)[C@@H]2C[C@H](SC(C)=O)CN2C(=O)Oc2ccc([N+](=O)[O-])cc2)C[C@@H]1OC(C)=O. The normalized spacial score (nSPS) is 23.2. The summed E-state index contributed by atoms with van der Waals surface area (Å²) in [5, 5.41) is 10.3. The second kappa shape index (κ2) is 11.4. The Bertz CT molecular complexity index is 1040. The molecule has 3 rings (SSSR count). The minimum Gasteiger partial charge on any atom is -0.457 e. The lowest BCUT2D eigenvalue weighted by atomic mass is 10.2. The van der Waals surface area contributed by atoms with Crippen molar-refractivity contribution in [1.82, 2.24) is 9.80 Å². The van der Waals surface area contributed by atoms with Crippen LogP contribution >= 0.6 is 11.8 Å². The van der Waals surface area contributed by atoms with E-state index in [4.69, 9.17) is 14.2 Å². The maximum absolute atomic E-state index is 13.5. The third kappa shape index (κ3) is 6.71. The van der Waals surface area contributed by atoms with Crippen LogP contribution in [-0.2, 0) is 28.7 Å². The molecule has 2 amide bonds. The second-order valence-electron chi connectivity index (χ2n) is 8.29. The molecule has 0 N–H and O–H groups in total. The van der Waals surface area contributed by atoms with Gasteiger partial charge in [-0.25, -0.2) is 4.79 Å². The molecule has 2 saturated heterocycles. The Kier molecular flexibility index (Phi) is 8.50. The highest BCUT2D eigenvalue weighted by Crippen LogP contribution is 2.31. The van der Waals surface area contributed by atoms with Gasteiger partial charge >= 0.3 is 18.0 Å². The fourth-order valence-electron chi connectivity index (χ4n) is 4.14. The van der Waals surface area contributed by atoms with E-state index in [0.717, 1.165) is 11.8 Å². The molecule has 1 aromatic rings. The van der Waals surface area contributed by atoms with E-state index in [9.17, 15) is 34.1 Å². The highest BCUT2D eigenvalue weighted by molar-refractivity contribution is 8.14. The molecule has 0 aliphatic carbocycles. The number of benzene rings is 1. The van der Waals surface area contributed by atoms with Gasteiger partial charge in [0.25, 0.3) is 5.69 Å². The van der Waals surface area contributed by atoms with Gasteiger partial charge < -0.3 is 19.1 Å². The van der Waals surface area contributed by atoms with Crippen LogP contribution in [0.15, 0.2) is 24.3 Å². The van der Waals surface area contributed by atoms with E-state index in [1.807, 2.05) is 0 Å². The summed E-state index contributed by atoms with van der Waals surface area (Å²) < 4.78 is 15.8. The molecule has 0 unspecified atom stereocenters. The summed E-state index contributed by atoms with van der Waals surface area (Å²) in [4.78, 5) is 73.8. The molecular formula is C22H25N3O10S. The van der Waals surface area contributed by atoms with Gasteiger partial charge in [0.2, 0.25) is 5.91 Å². The fourth-order valence-corrected chi connectivity index (χ4v) is 5.12. The molecule has 0 bridgehead atoms. The van der Waals surface area contributed by atoms with Gasteiger partial charge in [-0.05, 0) is 18.6 Å². The van der Waals surface area contributed by atoms with Crippen molar-refractivity contribution < 1.29 is 43.1 Å². The molecule has 0 saturated carbocycles. The number of hydrogen-bond acceptors (Lipinski definition) is 11. The summed E-state index contributed by atoms with van der Waals surface area (Å²) in [7, 11) is 0. The van der Waals surface area contributed by atoms with Gasteiger partial charge in [-0.3, -0.25) is 34.2 Å². The number of likely N-dealkylation sites (tertiary alicyclic amines) is 2. The number of amides is 2. The maximum atomic E-state index is 13.5. The van der Waals surface area contributed by atoms with Gasteiger partial charge in [0.1, 0.15) is 11.8 Å². The Hall–Kier alpha value is -3.68. The van der Waals surface area contributed by atoms with E-state index in [0.29, 0.717) is 0 Å². The Labute approximate surface area is 210 Å². The molecule has 2 fully saturated rings. The standard InChI is InChI=1S/C22H25N3O10S/c1-12(26)33-19-10-23(11-20(19)34-13(2)27)21(29)18-8-17(36-14(3)28)9-24(18)22(30)35-16-6-4-15(5-7-16)25(31)32/h4-7,17-20H,8-11H2,1-3H3/t17-,18-,19-,20-/m0/s1. The van der Waals surface area contributed by atoms with E-state index >= 15 is 0 Å². The molecule has 194 valence electrons. The number of nitro benzene ring substituents is 1. The summed E-state index contributed by atoms with van der Waals surface area (Å²) in [6, 6.07) is 3.90. The van der Waals surface area contributed by atoms with Crippen molar-refractivity contribution in [1.29, 1.82) is 0 Å². The van der Waals surface area contributed by atoms with Crippen molar-refractivity contribution in [3.05, 3.63) is 34.4 Å². The molecule has 4 atom stereocenters. The molecule has 0 radical (unpaired) electrons. The van der Waals surface area contributed by atoms with Crippen molar-refractivity contribution >= 4 is 46.5 Å². The van der Waals surface area contributed by atoms with Crippen molar-refractivity contribution in [2.75, 3.05) is 19.6 Å². The third-order valence-electron chi connectivity index (χ3n) is 5.53. The van der Waals surface area contributed by atoms with Crippen molar-refractivity contribution in [2.24, 2.45) is 0 Å². The zero-order chi connectivity index (χ0) is 26.6. The molecule has 0 spiro atoms. The highest BCUT2D eigenvalue weighted by Gasteiger charge is 2.47. The van der Waals surface area contributed by atoms with E-state index in [1.165, 1.54) is 54.8 Å². The summed E-state index contributed by atoms with van der Waals surface area (Å²) in [5.41, 5.74) is -0.180. The lowest BCUT2D eigenvalue weighted by Gasteiger charge is -2.27. The first-order valence-corrected chi connectivity index (χ1v) is 11.9. The number of esters is 2. The zero-order valence-electron chi connectivity index (χ0n) is 19.8. The van der Waals surface area contributed by atoms with Crippen LogP contribution in [0.4, 0.5) is 10.5 Å².